The zero-order valence-electron chi connectivity index (χ0n) is 12.2. The molecule has 0 nitrogen and oxygen atoms in total. The van der Waals surface area contributed by atoms with Crippen molar-refractivity contribution >= 4 is 23.1 Å². The van der Waals surface area contributed by atoms with Gasteiger partial charge in [0.25, 0.3) is 0 Å². The van der Waals surface area contributed by atoms with Gasteiger partial charge in [0.1, 0.15) is 0 Å². The average molecular weight is 334 g/mol. The molecule has 0 aromatic heterocycles. The standard InChI is InChI=1S/C17H25.BrH.Mg/c1-2-3-5-8-15-11-13-17(14-12-15)16-9-6-4-7-10-16;;/h6-7,9-10,15,17H,2-3,5,8,11-14H2,1H3;1H;/q-1;;+2/p-1. The number of rotatable bonds is 5. The van der Waals surface area contributed by atoms with Crippen molar-refractivity contribution in [3.8, 4) is 0 Å². The Morgan fingerprint density at radius 3 is 2.26 bits per heavy atom. The van der Waals surface area contributed by atoms with Crippen LogP contribution in [-0.4, -0.2) is 23.1 Å². The predicted molar refractivity (Wildman–Crippen MR) is 79.9 cm³/mol. The van der Waals surface area contributed by atoms with E-state index in [9.17, 15) is 0 Å². The molecule has 0 radical (unpaired) electrons. The molecule has 0 N–H and O–H groups in total. The van der Waals surface area contributed by atoms with Crippen molar-refractivity contribution in [3.63, 3.8) is 0 Å². The normalized spacial score (nSPS) is 22.2. The second-order valence-corrected chi connectivity index (χ2v) is 5.55. The zero-order valence-corrected chi connectivity index (χ0v) is 15.2. The molecule has 0 saturated heterocycles. The van der Waals surface area contributed by atoms with E-state index in [1.807, 2.05) is 0 Å². The molecule has 2 heteroatoms. The van der Waals surface area contributed by atoms with Crippen molar-refractivity contribution in [1.29, 1.82) is 0 Å². The Kier molecular flexibility index (Phi) is 11.4. The largest absolute Gasteiger partial charge is 2.00 e. The third kappa shape index (κ3) is 6.64. The summed E-state index contributed by atoms with van der Waals surface area (Å²) in [6.07, 6.45) is 11.4. The van der Waals surface area contributed by atoms with Gasteiger partial charge >= 0.3 is 23.1 Å². The van der Waals surface area contributed by atoms with Gasteiger partial charge in [-0.2, -0.15) is 35.9 Å². The summed E-state index contributed by atoms with van der Waals surface area (Å²) in [5.41, 5.74) is 1.54. The van der Waals surface area contributed by atoms with Crippen molar-refractivity contribution in [3.05, 3.63) is 35.9 Å². The molecule has 0 unspecified atom stereocenters. The molecular weight excluding hydrogens is 308 g/mol. The van der Waals surface area contributed by atoms with Gasteiger partial charge in [-0.25, -0.2) is 0 Å². The van der Waals surface area contributed by atoms with E-state index in [-0.39, 0.29) is 40.0 Å². The molecule has 1 fully saturated rings. The summed E-state index contributed by atoms with van der Waals surface area (Å²) < 4.78 is 0. The quantitative estimate of drug-likeness (QED) is 0.439. The summed E-state index contributed by atoms with van der Waals surface area (Å²) in [4.78, 5) is 0. The van der Waals surface area contributed by atoms with E-state index in [2.05, 4.69) is 37.3 Å². The second-order valence-electron chi connectivity index (χ2n) is 5.55. The summed E-state index contributed by atoms with van der Waals surface area (Å²) >= 11 is 0. The molecule has 1 aromatic rings. The van der Waals surface area contributed by atoms with Crippen molar-refractivity contribution < 1.29 is 17.0 Å². The van der Waals surface area contributed by atoms with Gasteiger partial charge in [-0.15, -0.1) is 0 Å². The molecule has 2 rings (SSSR count). The van der Waals surface area contributed by atoms with Gasteiger partial charge in [-0.05, 0) is 37.5 Å². The van der Waals surface area contributed by atoms with Crippen LogP contribution in [0.2, 0.25) is 0 Å². The molecule has 1 aliphatic rings. The van der Waals surface area contributed by atoms with Crippen LogP contribution in [0.1, 0.15) is 69.8 Å². The number of unbranched alkanes of at least 4 members (excludes halogenated alkanes) is 2. The maximum Gasteiger partial charge on any atom is 2.00 e. The third-order valence-electron chi connectivity index (χ3n) is 4.28. The second kappa shape index (κ2) is 11.2. The van der Waals surface area contributed by atoms with E-state index in [4.69, 9.17) is 0 Å². The van der Waals surface area contributed by atoms with Gasteiger partial charge in [0, 0.05) is 0 Å². The summed E-state index contributed by atoms with van der Waals surface area (Å²) in [5, 5.41) is 0. The fourth-order valence-electron chi connectivity index (χ4n) is 3.14. The topological polar surface area (TPSA) is 0 Å². The molecule has 1 aromatic carbocycles. The van der Waals surface area contributed by atoms with E-state index in [0.717, 1.165) is 11.8 Å². The monoisotopic (exact) mass is 332 g/mol. The Morgan fingerprint density at radius 1 is 1.05 bits per heavy atom. The molecule has 0 bridgehead atoms. The van der Waals surface area contributed by atoms with Crippen molar-refractivity contribution in [1.82, 2.24) is 0 Å². The first-order chi connectivity index (χ1) is 8.40. The number of hydrogen-bond donors (Lipinski definition) is 0. The van der Waals surface area contributed by atoms with Crippen LogP contribution in [0.4, 0.5) is 0 Å². The number of benzene rings is 1. The summed E-state index contributed by atoms with van der Waals surface area (Å²) in [6, 6.07) is 11.7. The fourth-order valence-corrected chi connectivity index (χ4v) is 3.14. The van der Waals surface area contributed by atoms with Crippen LogP contribution in [0.5, 0.6) is 0 Å². The zero-order chi connectivity index (χ0) is 11.9. The van der Waals surface area contributed by atoms with Crippen LogP contribution in [0, 0.1) is 12.0 Å². The molecule has 0 heterocycles. The van der Waals surface area contributed by atoms with E-state index in [0.29, 0.717) is 0 Å². The molecule has 19 heavy (non-hydrogen) atoms. The fraction of sp³-hybridized carbons (Fsp3) is 0.647. The first kappa shape index (κ1) is 19.5. The van der Waals surface area contributed by atoms with Crippen LogP contribution in [-0.2, 0) is 0 Å². The molecular formula is C17H25BrMg. The van der Waals surface area contributed by atoms with E-state index < -0.39 is 0 Å². The Balaban J connectivity index is 0.00000162. The maximum absolute atomic E-state index is 3.11. The molecule has 0 atom stereocenters. The molecule has 0 spiro atoms. The van der Waals surface area contributed by atoms with Crippen LogP contribution in [0.25, 0.3) is 0 Å². The summed E-state index contributed by atoms with van der Waals surface area (Å²) in [5.74, 6) is 1.85. The molecule has 102 valence electrons. The van der Waals surface area contributed by atoms with Gasteiger partial charge in [0.05, 0.1) is 0 Å². The van der Waals surface area contributed by atoms with E-state index in [1.165, 1.54) is 56.9 Å². The van der Waals surface area contributed by atoms with Gasteiger partial charge < -0.3 is 17.0 Å². The van der Waals surface area contributed by atoms with Gasteiger partial charge in [-0.1, -0.05) is 32.6 Å². The first-order valence-electron chi connectivity index (χ1n) is 7.36. The Labute approximate surface area is 145 Å². The average Bonchev–Trinajstić information content (AvgIpc) is 2.41. The predicted octanol–water partition coefficient (Wildman–Crippen LogP) is 1.96. The Hall–Kier alpha value is 0.466. The van der Waals surface area contributed by atoms with Crippen LogP contribution >= 0.6 is 0 Å². The Bertz CT molecular complexity index is 304. The SMILES string of the molecule is CCCCCC1CCC(c2cc[c-]cc2)CC1.[Br-].[Mg+2]. The number of halogens is 1. The van der Waals surface area contributed by atoms with Crippen LogP contribution in [0.3, 0.4) is 0 Å². The molecule has 1 aliphatic carbocycles. The van der Waals surface area contributed by atoms with Crippen molar-refractivity contribution in [2.45, 2.75) is 64.2 Å². The van der Waals surface area contributed by atoms with Crippen LogP contribution in [0.15, 0.2) is 24.3 Å². The Morgan fingerprint density at radius 2 is 1.68 bits per heavy atom. The van der Waals surface area contributed by atoms with Crippen LogP contribution < -0.4 is 17.0 Å². The smallest absolute Gasteiger partial charge is 1.00 e. The molecule has 1 saturated carbocycles. The number of hydrogen-bond acceptors (Lipinski definition) is 0. The minimum atomic E-state index is 0. The van der Waals surface area contributed by atoms with Gasteiger partial charge in [0.2, 0.25) is 0 Å². The molecule has 0 amide bonds. The van der Waals surface area contributed by atoms with Crippen molar-refractivity contribution in [2.75, 3.05) is 0 Å². The summed E-state index contributed by atoms with van der Waals surface area (Å²) in [7, 11) is 0. The first-order valence-corrected chi connectivity index (χ1v) is 7.36. The summed E-state index contributed by atoms with van der Waals surface area (Å²) in [6.45, 7) is 2.29. The maximum atomic E-state index is 3.11. The minimum Gasteiger partial charge on any atom is -1.00 e. The van der Waals surface area contributed by atoms with Gasteiger partial charge in [0.15, 0.2) is 0 Å². The van der Waals surface area contributed by atoms with Crippen molar-refractivity contribution in [2.24, 2.45) is 5.92 Å². The minimum absolute atomic E-state index is 0. The van der Waals surface area contributed by atoms with E-state index in [1.54, 1.807) is 0 Å². The van der Waals surface area contributed by atoms with Gasteiger partial charge in [-0.3, -0.25) is 0 Å². The molecule has 0 aliphatic heterocycles. The third-order valence-corrected chi connectivity index (χ3v) is 4.28. The van der Waals surface area contributed by atoms with E-state index >= 15 is 0 Å².